The third-order valence-corrected chi connectivity index (χ3v) is 4.46. The van der Waals surface area contributed by atoms with E-state index in [0.717, 1.165) is 18.2 Å². The molecule has 130 valence electrons. The van der Waals surface area contributed by atoms with Crippen molar-refractivity contribution in [1.82, 2.24) is 9.55 Å². The number of nitrogens with zero attached hydrogens (tertiary/aromatic N) is 2. The fourth-order valence-electron chi connectivity index (χ4n) is 2.34. The molecule has 0 fully saturated rings. The quantitative estimate of drug-likeness (QED) is 0.426. The van der Waals surface area contributed by atoms with Crippen molar-refractivity contribution in [3.05, 3.63) is 34.6 Å². The Hall–Kier alpha value is -1.96. The van der Waals surface area contributed by atoms with Crippen LogP contribution in [0.4, 0.5) is 8.78 Å². The van der Waals surface area contributed by atoms with Crippen LogP contribution in [0.1, 0.15) is 25.7 Å². The number of halogens is 2. The van der Waals surface area contributed by atoms with Crippen LogP contribution in [-0.4, -0.2) is 27.6 Å². The van der Waals surface area contributed by atoms with Crippen LogP contribution in [0.5, 0.6) is 0 Å². The summed E-state index contributed by atoms with van der Waals surface area (Å²) in [5, 5.41) is 0.768. The highest BCUT2D eigenvalue weighted by Crippen LogP contribution is 2.20. The van der Waals surface area contributed by atoms with Gasteiger partial charge in [-0.2, -0.15) is 0 Å². The molecule has 2 N–H and O–H groups in total. The molecule has 24 heavy (non-hydrogen) atoms. The van der Waals surface area contributed by atoms with Gasteiger partial charge in [-0.3, -0.25) is 14.2 Å². The topological polar surface area (TPSA) is 78.0 Å². The predicted molar refractivity (Wildman–Crippen MR) is 90.4 cm³/mol. The number of carbonyl (C=O) groups is 1. The Kier molecular flexibility index (Phi) is 6.72. The molecule has 0 saturated heterocycles. The Morgan fingerprint density at radius 2 is 2.00 bits per heavy atom. The summed E-state index contributed by atoms with van der Waals surface area (Å²) in [4.78, 5) is 27.7. The average Bonchev–Trinajstić information content (AvgIpc) is 2.54. The molecule has 0 radical (unpaired) electrons. The van der Waals surface area contributed by atoms with Crippen molar-refractivity contribution in [2.75, 3.05) is 5.75 Å². The summed E-state index contributed by atoms with van der Waals surface area (Å²) >= 11 is 0.881. The zero-order chi connectivity index (χ0) is 17.5. The SMILES string of the molecule is NC(=O)CCCCCn1c(SCC(F)F)nc2ccccc2c1=O. The largest absolute Gasteiger partial charge is 0.370 e. The molecule has 8 heteroatoms. The van der Waals surface area contributed by atoms with Crippen LogP contribution in [0.15, 0.2) is 34.2 Å². The first-order valence-corrected chi connectivity index (χ1v) is 8.66. The number of nitrogens with two attached hydrogens (primary N) is 1. The molecule has 5 nitrogen and oxygen atoms in total. The number of amides is 1. The van der Waals surface area contributed by atoms with Crippen LogP contribution in [0, 0.1) is 0 Å². The third-order valence-electron chi connectivity index (χ3n) is 3.47. The van der Waals surface area contributed by atoms with Crippen LogP contribution < -0.4 is 11.3 Å². The van der Waals surface area contributed by atoms with Crippen LogP contribution in [0.3, 0.4) is 0 Å². The lowest BCUT2D eigenvalue weighted by molar-refractivity contribution is -0.118. The van der Waals surface area contributed by atoms with E-state index in [-0.39, 0.29) is 11.5 Å². The minimum Gasteiger partial charge on any atom is -0.370 e. The third kappa shape index (κ3) is 5.02. The van der Waals surface area contributed by atoms with E-state index in [1.807, 2.05) is 0 Å². The van der Waals surface area contributed by atoms with E-state index in [9.17, 15) is 18.4 Å². The normalized spacial score (nSPS) is 11.3. The summed E-state index contributed by atoms with van der Waals surface area (Å²) in [6.45, 7) is 0.376. The summed E-state index contributed by atoms with van der Waals surface area (Å²) in [7, 11) is 0. The van der Waals surface area contributed by atoms with Crippen LogP contribution >= 0.6 is 11.8 Å². The van der Waals surface area contributed by atoms with Crippen LogP contribution in [-0.2, 0) is 11.3 Å². The second kappa shape index (κ2) is 8.77. The summed E-state index contributed by atoms with van der Waals surface area (Å²) < 4.78 is 26.5. The maximum absolute atomic E-state index is 12.6. The minimum atomic E-state index is -2.47. The number of unbranched alkanes of at least 4 members (excludes halogenated alkanes) is 2. The first-order valence-electron chi connectivity index (χ1n) is 7.68. The van der Waals surface area contributed by atoms with Crippen molar-refractivity contribution in [2.24, 2.45) is 5.73 Å². The van der Waals surface area contributed by atoms with Gasteiger partial charge in [-0.25, -0.2) is 13.8 Å². The van der Waals surface area contributed by atoms with E-state index in [1.54, 1.807) is 24.3 Å². The maximum Gasteiger partial charge on any atom is 0.262 e. The number of benzene rings is 1. The Bertz CT molecular complexity index is 765. The number of fused-ring (bicyclic) bond motifs is 1. The van der Waals surface area contributed by atoms with Gasteiger partial charge in [-0.1, -0.05) is 30.3 Å². The van der Waals surface area contributed by atoms with Crippen molar-refractivity contribution in [1.29, 1.82) is 0 Å². The molecule has 0 saturated carbocycles. The van der Waals surface area contributed by atoms with Gasteiger partial charge in [-0.15, -0.1) is 0 Å². The molecule has 1 aromatic heterocycles. The number of primary amides is 1. The molecular weight excluding hydrogens is 336 g/mol. The van der Waals surface area contributed by atoms with Crippen molar-refractivity contribution in [3.63, 3.8) is 0 Å². The standard InChI is InChI=1S/C16H19F2N3O2S/c17-13(18)10-24-16-20-12-7-4-3-6-11(12)15(23)21(16)9-5-1-2-8-14(19)22/h3-4,6-7,13H,1-2,5,8-10H2,(H2,19,22). The highest BCUT2D eigenvalue weighted by Gasteiger charge is 2.13. The Labute approximate surface area is 142 Å². The van der Waals surface area contributed by atoms with Gasteiger partial charge in [0.15, 0.2) is 5.16 Å². The Morgan fingerprint density at radius 1 is 1.25 bits per heavy atom. The lowest BCUT2D eigenvalue weighted by Gasteiger charge is -2.13. The van der Waals surface area contributed by atoms with Crippen molar-refractivity contribution < 1.29 is 13.6 Å². The van der Waals surface area contributed by atoms with Gasteiger partial charge in [-0.05, 0) is 25.0 Å². The maximum atomic E-state index is 12.6. The zero-order valence-electron chi connectivity index (χ0n) is 13.1. The van der Waals surface area contributed by atoms with Crippen LogP contribution in [0.25, 0.3) is 10.9 Å². The number of aromatic nitrogens is 2. The highest BCUT2D eigenvalue weighted by molar-refractivity contribution is 7.99. The lowest BCUT2D eigenvalue weighted by atomic mass is 10.2. The summed E-state index contributed by atoms with van der Waals surface area (Å²) in [5.74, 6) is -0.764. The lowest BCUT2D eigenvalue weighted by Crippen LogP contribution is -2.24. The molecule has 2 rings (SSSR count). The fourth-order valence-corrected chi connectivity index (χ4v) is 3.11. The number of thioether (sulfide) groups is 1. The number of alkyl halides is 2. The molecule has 1 aromatic carbocycles. The van der Waals surface area contributed by atoms with E-state index >= 15 is 0 Å². The highest BCUT2D eigenvalue weighted by atomic mass is 32.2. The fraction of sp³-hybridized carbons (Fsp3) is 0.438. The smallest absolute Gasteiger partial charge is 0.262 e. The van der Waals surface area contributed by atoms with Crippen molar-refractivity contribution in [2.45, 2.75) is 43.8 Å². The van der Waals surface area contributed by atoms with Gasteiger partial charge in [0.05, 0.1) is 16.7 Å². The summed E-state index contributed by atoms with van der Waals surface area (Å²) in [6.07, 6.45) is -0.151. The van der Waals surface area contributed by atoms with E-state index in [4.69, 9.17) is 5.73 Å². The second-order valence-electron chi connectivity index (χ2n) is 5.35. The monoisotopic (exact) mass is 355 g/mol. The summed E-state index contributed by atoms with van der Waals surface area (Å²) in [5.41, 5.74) is 5.36. The number of hydrogen-bond donors (Lipinski definition) is 1. The number of rotatable bonds is 9. The molecule has 2 aromatic rings. The number of hydrogen-bond acceptors (Lipinski definition) is 4. The molecule has 0 aliphatic carbocycles. The minimum absolute atomic E-state index is 0.229. The van der Waals surface area contributed by atoms with E-state index in [2.05, 4.69) is 4.98 Å². The predicted octanol–water partition coefficient (Wildman–Crippen LogP) is 2.80. The molecule has 0 spiro atoms. The van der Waals surface area contributed by atoms with E-state index in [1.165, 1.54) is 4.57 Å². The number of carbonyl (C=O) groups excluding carboxylic acids is 1. The van der Waals surface area contributed by atoms with Crippen LogP contribution in [0.2, 0.25) is 0 Å². The molecule has 0 aliphatic rings. The first kappa shape index (κ1) is 18.4. The number of para-hydroxylation sites is 1. The van der Waals surface area contributed by atoms with E-state index < -0.39 is 12.2 Å². The van der Waals surface area contributed by atoms with Gasteiger partial charge in [0.25, 0.3) is 5.56 Å². The molecule has 0 aliphatic heterocycles. The molecular formula is C16H19F2N3O2S. The zero-order valence-corrected chi connectivity index (χ0v) is 13.9. The average molecular weight is 355 g/mol. The molecule has 1 heterocycles. The van der Waals surface area contributed by atoms with E-state index in [0.29, 0.717) is 41.9 Å². The molecule has 0 unspecified atom stereocenters. The van der Waals surface area contributed by atoms with Gasteiger partial charge in [0.1, 0.15) is 0 Å². The molecule has 0 atom stereocenters. The van der Waals surface area contributed by atoms with Gasteiger partial charge < -0.3 is 5.73 Å². The second-order valence-corrected chi connectivity index (χ2v) is 6.33. The molecule has 0 bridgehead atoms. The summed E-state index contributed by atoms with van der Waals surface area (Å²) in [6, 6.07) is 6.87. The van der Waals surface area contributed by atoms with Gasteiger partial charge in [0.2, 0.25) is 12.3 Å². The first-order chi connectivity index (χ1) is 11.5. The van der Waals surface area contributed by atoms with Gasteiger partial charge in [0, 0.05) is 13.0 Å². The van der Waals surface area contributed by atoms with Gasteiger partial charge >= 0.3 is 0 Å². The van der Waals surface area contributed by atoms with Crippen molar-refractivity contribution >= 4 is 28.6 Å². The van der Waals surface area contributed by atoms with Crippen molar-refractivity contribution in [3.8, 4) is 0 Å². The Balaban J connectivity index is 2.20. The molecule has 1 amide bonds. The Morgan fingerprint density at radius 3 is 2.71 bits per heavy atom.